The van der Waals surface area contributed by atoms with Gasteiger partial charge in [-0.15, -0.1) is 0 Å². The minimum atomic E-state index is -0.418. The molecule has 7 heteroatoms. The van der Waals surface area contributed by atoms with Gasteiger partial charge < -0.3 is 10.2 Å². The molecule has 1 N–H and O–H groups in total. The maximum Gasteiger partial charge on any atom is 0.311 e. The number of benzene rings is 1. The van der Waals surface area contributed by atoms with Crippen LogP contribution in [0.4, 0.5) is 17.3 Å². The average Bonchev–Trinajstić information content (AvgIpc) is 2.59. The lowest BCUT2D eigenvalue weighted by atomic mass is 10.1. The first-order chi connectivity index (χ1) is 12.0. The lowest BCUT2D eigenvalue weighted by Gasteiger charge is -2.15. The van der Waals surface area contributed by atoms with Gasteiger partial charge in [0.2, 0.25) is 5.82 Å². The first-order valence-corrected chi connectivity index (χ1v) is 7.86. The Morgan fingerprint density at radius 3 is 2.72 bits per heavy atom. The highest BCUT2D eigenvalue weighted by Gasteiger charge is 2.16. The number of nitro groups is 1. The molecule has 0 amide bonds. The Morgan fingerprint density at radius 1 is 1.24 bits per heavy atom. The molecule has 0 atom stereocenters. The quantitative estimate of drug-likeness (QED) is 0.566. The second kappa shape index (κ2) is 6.72. The van der Waals surface area contributed by atoms with E-state index in [9.17, 15) is 10.1 Å². The number of rotatable bonds is 5. The van der Waals surface area contributed by atoms with Gasteiger partial charge in [0, 0.05) is 38.3 Å². The predicted octanol–water partition coefficient (Wildman–Crippen LogP) is 3.52. The molecule has 0 unspecified atom stereocenters. The van der Waals surface area contributed by atoms with Crippen LogP contribution >= 0.6 is 0 Å². The van der Waals surface area contributed by atoms with Gasteiger partial charge >= 0.3 is 5.69 Å². The fourth-order valence-electron chi connectivity index (χ4n) is 2.62. The van der Waals surface area contributed by atoms with Crippen LogP contribution in [-0.2, 0) is 6.54 Å². The summed E-state index contributed by atoms with van der Waals surface area (Å²) in [6.45, 7) is 2.20. The van der Waals surface area contributed by atoms with Gasteiger partial charge in [0.15, 0.2) is 0 Å². The number of pyridine rings is 2. The first-order valence-electron chi connectivity index (χ1n) is 7.86. The number of fused-ring (bicyclic) bond motifs is 1. The zero-order chi connectivity index (χ0) is 18.0. The van der Waals surface area contributed by atoms with Gasteiger partial charge in [-0.05, 0) is 30.2 Å². The molecule has 0 spiro atoms. The molecule has 0 radical (unpaired) electrons. The van der Waals surface area contributed by atoms with Gasteiger partial charge in [-0.2, -0.15) is 0 Å². The zero-order valence-corrected chi connectivity index (χ0v) is 14.4. The summed E-state index contributed by atoms with van der Waals surface area (Å²) in [6.07, 6.45) is 1.62. The third kappa shape index (κ3) is 3.50. The summed E-state index contributed by atoms with van der Waals surface area (Å²) in [4.78, 5) is 21.6. The Bertz CT molecular complexity index is 940. The number of aromatic nitrogens is 2. The van der Waals surface area contributed by atoms with Crippen LogP contribution in [0.5, 0.6) is 0 Å². The molecule has 3 rings (SSSR count). The number of nitrogens with zero attached hydrogens (tertiary/aromatic N) is 4. The molecule has 1 aromatic carbocycles. The third-order valence-corrected chi connectivity index (χ3v) is 3.89. The van der Waals surface area contributed by atoms with Crippen LogP contribution in [0.2, 0.25) is 0 Å². The monoisotopic (exact) mass is 337 g/mol. The highest BCUT2D eigenvalue weighted by Crippen LogP contribution is 2.26. The Labute approximate surface area is 145 Å². The van der Waals surface area contributed by atoms with Crippen molar-refractivity contribution < 1.29 is 4.92 Å². The van der Waals surface area contributed by atoms with Crippen LogP contribution in [0, 0.1) is 17.0 Å². The summed E-state index contributed by atoms with van der Waals surface area (Å²) >= 11 is 0. The molecule has 25 heavy (non-hydrogen) atoms. The molecular formula is C18H19N5O2. The van der Waals surface area contributed by atoms with Crippen LogP contribution in [0.1, 0.15) is 11.1 Å². The fourth-order valence-corrected chi connectivity index (χ4v) is 2.62. The molecule has 0 fully saturated rings. The van der Waals surface area contributed by atoms with Gasteiger partial charge in [-0.1, -0.05) is 18.2 Å². The number of hydrogen-bond donors (Lipinski definition) is 1. The minimum Gasteiger partial charge on any atom is -0.363 e. The van der Waals surface area contributed by atoms with Crippen LogP contribution in [-0.4, -0.2) is 29.0 Å². The molecular weight excluding hydrogens is 318 g/mol. The zero-order valence-electron chi connectivity index (χ0n) is 14.4. The van der Waals surface area contributed by atoms with E-state index in [2.05, 4.69) is 15.3 Å². The van der Waals surface area contributed by atoms with Crippen molar-refractivity contribution in [3.8, 4) is 0 Å². The first kappa shape index (κ1) is 16.6. The molecule has 0 bridgehead atoms. The van der Waals surface area contributed by atoms with Gasteiger partial charge in [-0.25, -0.2) is 9.97 Å². The maximum absolute atomic E-state index is 11.2. The van der Waals surface area contributed by atoms with Crippen molar-refractivity contribution in [3.63, 3.8) is 0 Å². The SMILES string of the molecule is Cc1cnc(NCc2cc(N(C)C)nc3ccccc23)c([N+](=O)[O-])c1. The van der Waals surface area contributed by atoms with Gasteiger partial charge in [0.25, 0.3) is 0 Å². The second-order valence-corrected chi connectivity index (χ2v) is 6.04. The Kier molecular flexibility index (Phi) is 4.47. The van der Waals surface area contributed by atoms with E-state index in [1.807, 2.05) is 49.3 Å². The largest absolute Gasteiger partial charge is 0.363 e. The number of nitrogens with one attached hydrogen (secondary N) is 1. The summed E-state index contributed by atoms with van der Waals surface area (Å²) in [5.74, 6) is 1.10. The topological polar surface area (TPSA) is 84.2 Å². The Morgan fingerprint density at radius 2 is 2.00 bits per heavy atom. The van der Waals surface area contributed by atoms with Gasteiger partial charge in [0.1, 0.15) is 5.82 Å². The number of anilines is 2. The maximum atomic E-state index is 11.2. The third-order valence-electron chi connectivity index (χ3n) is 3.89. The predicted molar refractivity (Wildman–Crippen MR) is 99.0 cm³/mol. The minimum absolute atomic E-state index is 0.0220. The Hall–Kier alpha value is -3.22. The molecule has 3 aromatic rings. The molecule has 2 heterocycles. The number of hydrogen-bond acceptors (Lipinski definition) is 6. The van der Waals surface area contributed by atoms with Crippen LogP contribution in [0.3, 0.4) is 0 Å². The van der Waals surface area contributed by atoms with Gasteiger partial charge in [0.05, 0.1) is 10.4 Å². The molecule has 7 nitrogen and oxygen atoms in total. The van der Waals surface area contributed by atoms with Crippen molar-refractivity contribution in [1.29, 1.82) is 0 Å². The van der Waals surface area contributed by atoms with Crippen LogP contribution < -0.4 is 10.2 Å². The van der Waals surface area contributed by atoms with Crippen molar-refractivity contribution in [2.24, 2.45) is 0 Å². The normalized spacial score (nSPS) is 10.7. The lowest BCUT2D eigenvalue weighted by molar-refractivity contribution is -0.384. The summed E-state index contributed by atoms with van der Waals surface area (Å²) < 4.78 is 0. The Balaban J connectivity index is 1.97. The van der Waals surface area contributed by atoms with Crippen molar-refractivity contribution in [1.82, 2.24) is 9.97 Å². The van der Waals surface area contributed by atoms with Gasteiger partial charge in [-0.3, -0.25) is 10.1 Å². The molecule has 128 valence electrons. The molecule has 0 aliphatic carbocycles. The van der Waals surface area contributed by atoms with Crippen LogP contribution in [0.25, 0.3) is 10.9 Å². The average molecular weight is 337 g/mol. The number of aryl methyl sites for hydroxylation is 1. The highest BCUT2D eigenvalue weighted by atomic mass is 16.6. The fraction of sp³-hybridized carbons (Fsp3) is 0.222. The van der Waals surface area contributed by atoms with E-state index in [4.69, 9.17) is 0 Å². The molecule has 0 aliphatic heterocycles. The lowest BCUT2D eigenvalue weighted by Crippen LogP contribution is -2.12. The standard InChI is InChI=1S/C18H19N5O2/c1-12-8-16(23(24)25)18(19-10-12)20-11-13-9-17(22(2)3)21-15-7-5-4-6-14(13)15/h4-10H,11H2,1-3H3,(H,19,20). The van der Waals surface area contributed by atoms with E-state index in [1.54, 1.807) is 13.1 Å². The second-order valence-electron chi connectivity index (χ2n) is 6.04. The van der Waals surface area contributed by atoms with Crippen molar-refractivity contribution in [2.45, 2.75) is 13.5 Å². The molecule has 0 saturated heterocycles. The van der Waals surface area contributed by atoms with Crippen molar-refractivity contribution in [2.75, 3.05) is 24.3 Å². The van der Waals surface area contributed by atoms with E-state index < -0.39 is 4.92 Å². The highest BCUT2D eigenvalue weighted by molar-refractivity contribution is 5.84. The summed E-state index contributed by atoms with van der Waals surface area (Å²) in [6, 6.07) is 11.3. The van der Waals surface area contributed by atoms with Crippen LogP contribution in [0.15, 0.2) is 42.6 Å². The molecule has 0 aliphatic rings. The summed E-state index contributed by atoms with van der Waals surface area (Å²) in [7, 11) is 3.86. The number of para-hydroxylation sites is 1. The van der Waals surface area contributed by atoms with E-state index in [0.717, 1.165) is 27.8 Å². The smallest absolute Gasteiger partial charge is 0.311 e. The summed E-state index contributed by atoms with van der Waals surface area (Å²) in [5.41, 5.74) is 2.62. The van der Waals surface area contributed by atoms with Crippen molar-refractivity contribution in [3.05, 3.63) is 63.8 Å². The summed E-state index contributed by atoms with van der Waals surface area (Å²) in [5, 5.41) is 15.4. The van der Waals surface area contributed by atoms with E-state index in [1.165, 1.54) is 6.07 Å². The molecule has 0 saturated carbocycles. The van der Waals surface area contributed by atoms with Crippen molar-refractivity contribution >= 4 is 28.2 Å². The van der Waals surface area contributed by atoms with E-state index in [0.29, 0.717) is 6.54 Å². The van der Waals surface area contributed by atoms with E-state index >= 15 is 0 Å². The molecule has 2 aromatic heterocycles. The van der Waals surface area contributed by atoms with E-state index in [-0.39, 0.29) is 11.5 Å².